The molecule has 0 aliphatic carbocycles. The van der Waals surface area contributed by atoms with Crippen LogP contribution in [-0.2, 0) is 16.6 Å². The molecule has 1 atom stereocenters. The zero-order valence-electron chi connectivity index (χ0n) is 17.2. The maximum Gasteiger partial charge on any atom is 0.229 e. The van der Waals surface area contributed by atoms with Crippen LogP contribution in [0.1, 0.15) is 18.9 Å². The SMILES string of the molecule is CCNC(=NCc1ccccc1NS(C)(=O)=O)NC1CCN(c2cccc(Cl)c2)C1. The van der Waals surface area contributed by atoms with Gasteiger partial charge < -0.3 is 15.5 Å². The molecule has 0 amide bonds. The summed E-state index contributed by atoms with van der Waals surface area (Å²) in [7, 11) is -3.35. The summed E-state index contributed by atoms with van der Waals surface area (Å²) in [5.41, 5.74) is 2.48. The average molecular weight is 450 g/mol. The Hall–Kier alpha value is -2.45. The summed E-state index contributed by atoms with van der Waals surface area (Å²) >= 11 is 6.12. The van der Waals surface area contributed by atoms with Gasteiger partial charge in [0.2, 0.25) is 10.0 Å². The standard InChI is InChI=1S/C21H28ClN5O2S/c1-3-23-21(24-14-16-7-4-5-10-20(16)26-30(2,28)29)25-18-11-12-27(15-18)19-9-6-8-17(22)13-19/h4-10,13,18,26H,3,11-12,14-15H2,1-2H3,(H2,23,24,25). The summed E-state index contributed by atoms with van der Waals surface area (Å²) in [6.45, 7) is 4.91. The Kier molecular flexibility index (Phi) is 7.44. The van der Waals surface area contributed by atoms with Crippen molar-refractivity contribution in [3.8, 4) is 0 Å². The highest BCUT2D eigenvalue weighted by atomic mass is 35.5. The number of guanidine groups is 1. The Morgan fingerprint density at radius 1 is 1.23 bits per heavy atom. The Morgan fingerprint density at radius 2 is 2.03 bits per heavy atom. The number of sulfonamides is 1. The second-order valence-electron chi connectivity index (χ2n) is 7.28. The monoisotopic (exact) mass is 449 g/mol. The van der Waals surface area contributed by atoms with Crippen molar-refractivity contribution >= 4 is 39.0 Å². The number of anilines is 2. The molecule has 0 saturated carbocycles. The van der Waals surface area contributed by atoms with E-state index in [1.807, 2.05) is 37.3 Å². The lowest BCUT2D eigenvalue weighted by molar-refractivity contribution is 0.606. The van der Waals surface area contributed by atoms with Crippen molar-refractivity contribution in [1.29, 1.82) is 0 Å². The van der Waals surface area contributed by atoms with E-state index in [0.717, 1.165) is 48.6 Å². The quantitative estimate of drug-likeness (QED) is 0.447. The number of hydrogen-bond acceptors (Lipinski definition) is 4. The van der Waals surface area contributed by atoms with Gasteiger partial charge in [0.25, 0.3) is 0 Å². The van der Waals surface area contributed by atoms with Crippen LogP contribution in [0.15, 0.2) is 53.5 Å². The number of benzene rings is 2. The van der Waals surface area contributed by atoms with Crippen molar-refractivity contribution < 1.29 is 8.42 Å². The third-order valence-corrected chi connectivity index (χ3v) is 5.59. The van der Waals surface area contributed by atoms with Gasteiger partial charge in [-0.15, -0.1) is 0 Å². The van der Waals surface area contributed by atoms with Crippen LogP contribution >= 0.6 is 11.6 Å². The first kappa shape index (κ1) is 22.2. The predicted octanol–water partition coefficient (Wildman–Crippen LogP) is 3.05. The minimum atomic E-state index is -3.35. The maximum atomic E-state index is 11.6. The van der Waals surface area contributed by atoms with Gasteiger partial charge in [-0.05, 0) is 43.2 Å². The van der Waals surface area contributed by atoms with Crippen molar-refractivity contribution in [3.63, 3.8) is 0 Å². The lowest BCUT2D eigenvalue weighted by Crippen LogP contribution is -2.44. The molecule has 0 spiro atoms. The van der Waals surface area contributed by atoms with Gasteiger partial charge in [0, 0.05) is 36.4 Å². The Morgan fingerprint density at radius 3 is 2.77 bits per heavy atom. The molecular weight excluding hydrogens is 422 g/mol. The van der Waals surface area contributed by atoms with Gasteiger partial charge >= 0.3 is 0 Å². The molecule has 0 aromatic heterocycles. The van der Waals surface area contributed by atoms with Crippen molar-refractivity contribution in [2.24, 2.45) is 4.99 Å². The highest BCUT2D eigenvalue weighted by Gasteiger charge is 2.23. The van der Waals surface area contributed by atoms with Crippen LogP contribution in [0.3, 0.4) is 0 Å². The molecule has 2 aromatic carbocycles. The molecule has 1 aliphatic heterocycles. The molecule has 162 valence electrons. The molecule has 9 heteroatoms. The minimum Gasteiger partial charge on any atom is -0.369 e. The van der Waals surface area contributed by atoms with Gasteiger partial charge in [0.1, 0.15) is 0 Å². The predicted molar refractivity (Wildman–Crippen MR) is 125 cm³/mol. The lowest BCUT2D eigenvalue weighted by Gasteiger charge is -2.20. The molecular formula is C21H28ClN5O2S. The molecule has 30 heavy (non-hydrogen) atoms. The molecule has 0 radical (unpaired) electrons. The van der Waals surface area contributed by atoms with Crippen LogP contribution < -0.4 is 20.3 Å². The van der Waals surface area contributed by atoms with Gasteiger partial charge in [-0.1, -0.05) is 35.9 Å². The van der Waals surface area contributed by atoms with Crippen LogP contribution in [0.5, 0.6) is 0 Å². The van der Waals surface area contributed by atoms with Crippen molar-refractivity contribution in [3.05, 3.63) is 59.1 Å². The fourth-order valence-corrected chi connectivity index (χ4v) is 4.20. The van der Waals surface area contributed by atoms with E-state index in [4.69, 9.17) is 11.6 Å². The first-order valence-electron chi connectivity index (χ1n) is 9.95. The normalized spacial score (nSPS) is 17.1. The summed E-state index contributed by atoms with van der Waals surface area (Å²) in [5, 5.41) is 7.50. The van der Waals surface area contributed by atoms with E-state index in [2.05, 4.69) is 31.3 Å². The number of nitrogens with zero attached hydrogens (tertiary/aromatic N) is 2. The summed E-state index contributed by atoms with van der Waals surface area (Å²) < 4.78 is 25.8. The van der Waals surface area contributed by atoms with E-state index in [1.54, 1.807) is 12.1 Å². The molecule has 3 N–H and O–H groups in total. The highest BCUT2D eigenvalue weighted by Crippen LogP contribution is 2.23. The molecule has 3 rings (SSSR count). The number of aliphatic imine (C=N–C) groups is 1. The molecule has 1 heterocycles. The van der Waals surface area contributed by atoms with E-state index in [-0.39, 0.29) is 6.04 Å². The van der Waals surface area contributed by atoms with E-state index < -0.39 is 10.0 Å². The van der Waals surface area contributed by atoms with Gasteiger partial charge in [0.15, 0.2) is 5.96 Å². The Labute approximate surface area is 183 Å². The number of nitrogens with one attached hydrogen (secondary N) is 3. The second-order valence-corrected chi connectivity index (χ2v) is 9.47. The minimum absolute atomic E-state index is 0.256. The van der Waals surface area contributed by atoms with E-state index >= 15 is 0 Å². The van der Waals surface area contributed by atoms with Gasteiger partial charge in [0.05, 0.1) is 18.5 Å². The summed E-state index contributed by atoms with van der Waals surface area (Å²) in [4.78, 5) is 6.97. The van der Waals surface area contributed by atoms with Crippen LogP contribution in [0.4, 0.5) is 11.4 Å². The van der Waals surface area contributed by atoms with Gasteiger partial charge in [-0.2, -0.15) is 0 Å². The summed E-state index contributed by atoms with van der Waals surface area (Å²) in [5.74, 6) is 0.713. The second kappa shape index (κ2) is 10.0. The van der Waals surface area contributed by atoms with Crippen molar-refractivity contribution in [1.82, 2.24) is 10.6 Å². The molecule has 0 bridgehead atoms. The van der Waals surface area contributed by atoms with Crippen LogP contribution in [0, 0.1) is 0 Å². The number of halogens is 1. The first-order chi connectivity index (χ1) is 14.3. The highest BCUT2D eigenvalue weighted by molar-refractivity contribution is 7.92. The fraction of sp³-hybridized carbons (Fsp3) is 0.381. The molecule has 1 saturated heterocycles. The molecule has 1 fully saturated rings. The lowest BCUT2D eigenvalue weighted by atomic mass is 10.2. The Balaban J connectivity index is 1.66. The summed E-state index contributed by atoms with van der Waals surface area (Å²) in [6.07, 6.45) is 2.13. The molecule has 1 aliphatic rings. The van der Waals surface area contributed by atoms with Crippen LogP contribution in [-0.4, -0.2) is 46.3 Å². The summed E-state index contributed by atoms with van der Waals surface area (Å²) in [6, 6.07) is 15.4. The van der Waals surface area contributed by atoms with E-state index in [0.29, 0.717) is 18.2 Å². The smallest absolute Gasteiger partial charge is 0.229 e. The zero-order valence-corrected chi connectivity index (χ0v) is 18.8. The van der Waals surface area contributed by atoms with Crippen LogP contribution in [0.25, 0.3) is 0 Å². The van der Waals surface area contributed by atoms with Gasteiger partial charge in [-0.25, -0.2) is 13.4 Å². The number of para-hydroxylation sites is 1. The van der Waals surface area contributed by atoms with E-state index in [9.17, 15) is 8.42 Å². The van der Waals surface area contributed by atoms with Crippen LogP contribution in [0.2, 0.25) is 5.02 Å². The maximum absolute atomic E-state index is 11.6. The fourth-order valence-electron chi connectivity index (χ4n) is 3.42. The van der Waals surface area contributed by atoms with Gasteiger partial charge in [-0.3, -0.25) is 4.72 Å². The first-order valence-corrected chi connectivity index (χ1v) is 12.2. The van der Waals surface area contributed by atoms with Crippen molar-refractivity contribution in [2.45, 2.75) is 25.9 Å². The number of hydrogen-bond donors (Lipinski definition) is 3. The molecule has 7 nitrogen and oxygen atoms in total. The van der Waals surface area contributed by atoms with Crippen molar-refractivity contribution in [2.75, 3.05) is 35.5 Å². The third kappa shape index (κ3) is 6.53. The molecule has 1 unspecified atom stereocenters. The molecule has 2 aromatic rings. The number of rotatable bonds is 7. The largest absolute Gasteiger partial charge is 0.369 e. The topological polar surface area (TPSA) is 85.8 Å². The average Bonchev–Trinajstić information content (AvgIpc) is 3.15. The zero-order chi connectivity index (χ0) is 21.6. The van der Waals surface area contributed by atoms with E-state index in [1.165, 1.54) is 0 Å². The Bertz CT molecular complexity index is 996. The third-order valence-electron chi connectivity index (χ3n) is 4.77.